The molecule has 0 spiro atoms. The number of rotatable bonds is 1. The summed E-state index contributed by atoms with van der Waals surface area (Å²) in [5, 5.41) is 3.41. The highest BCUT2D eigenvalue weighted by Crippen LogP contribution is 2.40. The minimum absolute atomic E-state index is 0.273. The average Bonchev–Trinajstić information content (AvgIpc) is 2.88. The van der Waals surface area contributed by atoms with E-state index in [4.69, 9.17) is 4.74 Å². The van der Waals surface area contributed by atoms with E-state index in [1.807, 2.05) is 18.2 Å². The van der Waals surface area contributed by atoms with Gasteiger partial charge < -0.3 is 4.74 Å². The van der Waals surface area contributed by atoms with Crippen molar-refractivity contribution in [2.45, 2.75) is 12.1 Å². The fourth-order valence-corrected chi connectivity index (χ4v) is 2.29. The molecule has 76 valence electrons. The first-order valence-corrected chi connectivity index (χ1v) is 4.96. The highest BCUT2D eigenvalue weighted by atomic mass is 16.5. The molecule has 3 heteroatoms. The zero-order valence-corrected chi connectivity index (χ0v) is 8.36. The number of hydrogen-bond acceptors (Lipinski definition) is 3. The van der Waals surface area contributed by atoms with Gasteiger partial charge in [-0.1, -0.05) is 18.2 Å². The summed E-state index contributed by atoms with van der Waals surface area (Å²) in [4.78, 5) is 11.4. The number of nitrogens with one attached hydrogen (secondary N) is 1. The predicted molar refractivity (Wildman–Crippen MR) is 55.5 cm³/mol. The SMILES string of the molecule is COC(=O)c1ccc2c(c1)C1C=CC2N1. The molecule has 0 fully saturated rings. The number of carbonyl (C=O) groups excluding carboxylic acids is 1. The molecule has 2 heterocycles. The zero-order chi connectivity index (χ0) is 10.4. The largest absolute Gasteiger partial charge is 0.465 e. The maximum Gasteiger partial charge on any atom is 0.337 e. The number of carbonyl (C=O) groups is 1. The van der Waals surface area contributed by atoms with Crippen LogP contribution in [0.5, 0.6) is 0 Å². The lowest BCUT2D eigenvalue weighted by Gasteiger charge is -2.09. The molecule has 0 saturated carbocycles. The van der Waals surface area contributed by atoms with E-state index in [-0.39, 0.29) is 12.0 Å². The standard InChI is InChI=1S/C12H11NO2/c1-15-12(14)7-2-3-8-9(6-7)11-5-4-10(8)13-11/h2-6,10-11,13H,1H3. The van der Waals surface area contributed by atoms with E-state index in [1.165, 1.54) is 18.2 Å². The Morgan fingerprint density at radius 3 is 2.73 bits per heavy atom. The molecular weight excluding hydrogens is 190 g/mol. The van der Waals surface area contributed by atoms with Gasteiger partial charge in [0.15, 0.2) is 0 Å². The molecule has 2 aliphatic rings. The number of methoxy groups -OCH3 is 1. The van der Waals surface area contributed by atoms with E-state index < -0.39 is 0 Å². The summed E-state index contributed by atoms with van der Waals surface area (Å²) in [7, 11) is 1.40. The first-order valence-electron chi connectivity index (χ1n) is 4.96. The van der Waals surface area contributed by atoms with Crippen molar-refractivity contribution in [1.29, 1.82) is 0 Å². The van der Waals surface area contributed by atoms with Crippen LogP contribution in [0, 0.1) is 0 Å². The summed E-state index contributed by atoms with van der Waals surface area (Å²) < 4.78 is 4.70. The minimum atomic E-state index is -0.274. The quantitative estimate of drug-likeness (QED) is 0.555. The molecule has 3 rings (SSSR count). The van der Waals surface area contributed by atoms with Crippen molar-refractivity contribution in [2.75, 3.05) is 7.11 Å². The third-order valence-corrected chi connectivity index (χ3v) is 3.03. The van der Waals surface area contributed by atoms with E-state index in [9.17, 15) is 4.79 Å². The third-order valence-electron chi connectivity index (χ3n) is 3.03. The topological polar surface area (TPSA) is 38.3 Å². The molecular formula is C12H11NO2. The highest BCUT2D eigenvalue weighted by molar-refractivity contribution is 5.89. The van der Waals surface area contributed by atoms with Gasteiger partial charge in [0.2, 0.25) is 0 Å². The molecule has 2 aliphatic heterocycles. The molecule has 1 aromatic carbocycles. The van der Waals surface area contributed by atoms with E-state index in [1.54, 1.807) is 0 Å². The summed E-state index contributed by atoms with van der Waals surface area (Å²) in [6, 6.07) is 6.35. The molecule has 2 bridgehead atoms. The van der Waals surface area contributed by atoms with Crippen molar-refractivity contribution in [3.8, 4) is 0 Å². The summed E-state index contributed by atoms with van der Waals surface area (Å²) in [6.07, 6.45) is 4.29. The Labute approximate surface area is 87.7 Å². The summed E-state index contributed by atoms with van der Waals surface area (Å²) in [6.45, 7) is 0. The van der Waals surface area contributed by atoms with Crippen LogP contribution in [0.4, 0.5) is 0 Å². The minimum Gasteiger partial charge on any atom is -0.465 e. The van der Waals surface area contributed by atoms with Crippen molar-refractivity contribution in [3.63, 3.8) is 0 Å². The molecule has 1 aromatic rings. The number of benzene rings is 1. The Bertz CT molecular complexity index is 465. The summed E-state index contributed by atoms with van der Waals surface area (Å²) in [5.74, 6) is -0.274. The number of esters is 1. The third kappa shape index (κ3) is 1.13. The van der Waals surface area contributed by atoms with Crippen LogP contribution in [0.25, 0.3) is 0 Å². The van der Waals surface area contributed by atoms with Crippen molar-refractivity contribution in [1.82, 2.24) is 5.32 Å². The maximum atomic E-state index is 11.4. The summed E-state index contributed by atoms with van der Waals surface area (Å²) >= 11 is 0. The van der Waals surface area contributed by atoms with E-state index in [2.05, 4.69) is 17.5 Å². The van der Waals surface area contributed by atoms with E-state index >= 15 is 0 Å². The highest BCUT2D eigenvalue weighted by Gasteiger charge is 2.32. The van der Waals surface area contributed by atoms with Crippen LogP contribution in [0.15, 0.2) is 30.4 Å². The van der Waals surface area contributed by atoms with Crippen LogP contribution in [0.3, 0.4) is 0 Å². The van der Waals surface area contributed by atoms with Crippen LogP contribution >= 0.6 is 0 Å². The van der Waals surface area contributed by atoms with Crippen LogP contribution < -0.4 is 5.32 Å². The van der Waals surface area contributed by atoms with E-state index in [0.717, 1.165) is 0 Å². The Morgan fingerprint density at radius 1 is 1.27 bits per heavy atom. The van der Waals surface area contributed by atoms with Gasteiger partial charge in [-0.2, -0.15) is 0 Å². The van der Waals surface area contributed by atoms with Gasteiger partial charge in [-0.25, -0.2) is 4.79 Å². The molecule has 0 amide bonds. The van der Waals surface area contributed by atoms with Crippen LogP contribution in [-0.4, -0.2) is 13.1 Å². The molecule has 3 nitrogen and oxygen atoms in total. The molecule has 2 unspecified atom stereocenters. The van der Waals surface area contributed by atoms with E-state index in [0.29, 0.717) is 11.6 Å². The second kappa shape index (κ2) is 2.94. The predicted octanol–water partition coefficient (Wildman–Crippen LogP) is 1.73. The lowest BCUT2D eigenvalue weighted by atomic mass is 9.95. The van der Waals surface area contributed by atoms with Gasteiger partial charge in [-0.15, -0.1) is 0 Å². The Balaban J connectivity index is 2.06. The normalized spacial score (nSPS) is 25.4. The Hall–Kier alpha value is -1.61. The van der Waals surface area contributed by atoms with Gasteiger partial charge in [0.1, 0.15) is 0 Å². The molecule has 0 saturated heterocycles. The first kappa shape index (κ1) is 8.68. The summed E-state index contributed by atoms with van der Waals surface area (Å²) in [5.41, 5.74) is 3.10. The maximum absolute atomic E-state index is 11.4. The number of ether oxygens (including phenoxy) is 1. The smallest absolute Gasteiger partial charge is 0.337 e. The van der Waals surface area contributed by atoms with Crippen LogP contribution in [-0.2, 0) is 4.74 Å². The fraction of sp³-hybridized carbons (Fsp3) is 0.250. The van der Waals surface area contributed by atoms with Crippen LogP contribution in [0.1, 0.15) is 33.6 Å². The lowest BCUT2D eigenvalue weighted by Crippen LogP contribution is -2.07. The van der Waals surface area contributed by atoms with Gasteiger partial charge in [0, 0.05) is 0 Å². The monoisotopic (exact) mass is 201 g/mol. The molecule has 0 radical (unpaired) electrons. The molecule has 15 heavy (non-hydrogen) atoms. The van der Waals surface area contributed by atoms with Crippen molar-refractivity contribution in [2.24, 2.45) is 0 Å². The van der Waals surface area contributed by atoms with Gasteiger partial charge >= 0.3 is 5.97 Å². The van der Waals surface area contributed by atoms with Crippen molar-refractivity contribution in [3.05, 3.63) is 47.0 Å². The van der Waals surface area contributed by atoms with Crippen molar-refractivity contribution < 1.29 is 9.53 Å². The number of hydrogen-bond donors (Lipinski definition) is 1. The molecule has 1 N–H and O–H groups in total. The second-order valence-electron chi connectivity index (χ2n) is 3.84. The number of fused-ring (bicyclic) bond motifs is 5. The zero-order valence-electron chi connectivity index (χ0n) is 8.36. The van der Waals surface area contributed by atoms with Gasteiger partial charge in [0.25, 0.3) is 0 Å². The van der Waals surface area contributed by atoms with Gasteiger partial charge in [-0.05, 0) is 23.3 Å². The fourth-order valence-electron chi connectivity index (χ4n) is 2.29. The van der Waals surface area contributed by atoms with Crippen molar-refractivity contribution >= 4 is 5.97 Å². The molecule has 2 atom stereocenters. The van der Waals surface area contributed by atoms with Crippen LogP contribution in [0.2, 0.25) is 0 Å². The van der Waals surface area contributed by atoms with Gasteiger partial charge in [-0.3, -0.25) is 5.32 Å². The Kier molecular flexibility index (Phi) is 1.70. The lowest BCUT2D eigenvalue weighted by molar-refractivity contribution is 0.0600. The first-order chi connectivity index (χ1) is 7.29. The molecule has 0 aromatic heterocycles. The van der Waals surface area contributed by atoms with Gasteiger partial charge in [0.05, 0.1) is 24.8 Å². The second-order valence-corrected chi connectivity index (χ2v) is 3.84. The molecule has 0 aliphatic carbocycles. The average molecular weight is 201 g/mol. The Morgan fingerprint density at radius 2 is 2.00 bits per heavy atom.